The summed E-state index contributed by atoms with van der Waals surface area (Å²) in [6.45, 7) is 1.98. The quantitative estimate of drug-likeness (QED) is 0.615. The monoisotopic (exact) mass is 337 g/mol. The number of benzene rings is 1. The molecule has 0 spiro atoms. The third kappa shape index (κ3) is 2.14. The molecule has 1 aromatic rings. The van der Waals surface area contributed by atoms with Crippen molar-refractivity contribution in [2.75, 3.05) is 4.90 Å². The van der Waals surface area contributed by atoms with E-state index in [-0.39, 0.29) is 46.9 Å². The Morgan fingerprint density at radius 1 is 1.08 bits per heavy atom. The summed E-state index contributed by atoms with van der Waals surface area (Å²) in [6.07, 6.45) is -1.87. The minimum Gasteiger partial charge on any atom is -0.406 e. The number of carbonyl (C=O) groups is 2. The lowest BCUT2D eigenvalue weighted by molar-refractivity contribution is -0.274. The Kier molecular flexibility index (Phi) is 3.07. The minimum absolute atomic E-state index is 0.0919. The Balaban J connectivity index is 1.60. The molecular weight excluding hydrogens is 323 g/mol. The van der Waals surface area contributed by atoms with Crippen molar-refractivity contribution < 1.29 is 27.5 Å². The number of anilines is 1. The third-order valence-corrected chi connectivity index (χ3v) is 5.21. The molecule has 126 valence electrons. The van der Waals surface area contributed by atoms with Crippen molar-refractivity contribution in [3.05, 3.63) is 35.9 Å². The summed E-state index contributed by atoms with van der Waals surface area (Å²) in [6, 6.07) is 4.82. The predicted molar refractivity (Wildman–Crippen MR) is 78.0 cm³/mol. The number of hydrogen-bond acceptors (Lipinski definition) is 3. The number of nitrogens with zero attached hydrogens (tertiary/aromatic N) is 1. The third-order valence-electron chi connectivity index (χ3n) is 5.21. The van der Waals surface area contributed by atoms with E-state index in [1.807, 2.05) is 6.92 Å². The van der Waals surface area contributed by atoms with Crippen LogP contribution in [0.5, 0.6) is 5.75 Å². The van der Waals surface area contributed by atoms with Gasteiger partial charge < -0.3 is 4.74 Å². The first-order chi connectivity index (χ1) is 11.3. The summed E-state index contributed by atoms with van der Waals surface area (Å²) in [5.74, 6) is -1.37. The molecule has 0 radical (unpaired) electrons. The Morgan fingerprint density at radius 2 is 1.71 bits per heavy atom. The van der Waals surface area contributed by atoms with Crippen LogP contribution in [-0.2, 0) is 9.59 Å². The molecule has 2 bridgehead atoms. The Labute approximate surface area is 135 Å². The van der Waals surface area contributed by atoms with E-state index in [9.17, 15) is 22.8 Å². The Morgan fingerprint density at radius 3 is 2.33 bits per heavy atom. The number of halogens is 3. The lowest BCUT2D eigenvalue weighted by Gasteiger charge is -2.19. The van der Waals surface area contributed by atoms with Crippen molar-refractivity contribution in [3.8, 4) is 5.75 Å². The molecule has 2 amide bonds. The summed E-state index contributed by atoms with van der Waals surface area (Å²) < 4.78 is 40.4. The molecule has 1 saturated heterocycles. The van der Waals surface area contributed by atoms with Gasteiger partial charge in [0.2, 0.25) is 11.8 Å². The van der Waals surface area contributed by atoms with Crippen molar-refractivity contribution >= 4 is 17.5 Å². The van der Waals surface area contributed by atoms with Crippen LogP contribution < -0.4 is 9.64 Å². The Hall–Kier alpha value is -2.31. The van der Waals surface area contributed by atoms with Crippen LogP contribution in [0.1, 0.15) is 13.3 Å². The molecule has 4 rings (SSSR count). The molecule has 24 heavy (non-hydrogen) atoms. The van der Waals surface area contributed by atoms with E-state index in [0.717, 1.165) is 29.0 Å². The fourth-order valence-corrected chi connectivity index (χ4v) is 4.33. The van der Waals surface area contributed by atoms with Gasteiger partial charge in [-0.1, -0.05) is 11.6 Å². The molecule has 1 heterocycles. The smallest absolute Gasteiger partial charge is 0.406 e. The number of rotatable bonds is 2. The lowest BCUT2D eigenvalue weighted by atomic mass is 9.82. The topological polar surface area (TPSA) is 46.6 Å². The number of alkyl halides is 3. The maximum atomic E-state index is 12.7. The molecule has 4 atom stereocenters. The lowest BCUT2D eigenvalue weighted by Crippen LogP contribution is -2.32. The summed E-state index contributed by atoms with van der Waals surface area (Å²) >= 11 is 0. The number of allylic oxidation sites excluding steroid dienone is 2. The summed E-state index contributed by atoms with van der Waals surface area (Å²) in [5, 5.41) is 0. The number of fused-ring (bicyclic) bond motifs is 5. The predicted octanol–water partition coefficient (Wildman–Crippen LogP) is 3.29. The number of ether oxygens (including phenoxy) is 1. The summed E-state index contributed by atoms with van der Waals surface area (Å²) in [4.78, 5) is 26.5. The van der Waals surface area contributed by atoms with Crippen molar-refractivity contribution in [2.24, 2.45) is 23.7 Å². The summed E-state index contributed by atoms with van der Waals surface area (Å²) in [5.41, 5.74) is 1.43. The zero-order chi connectivity index (χ0) is 17.2. The zero-order valence-corrected chi connectivity index (χ0v) is 12.7. The van der Waals surface area contributed by atoms with E-state index in [0.29, 0.717) is 0 Å². The van der Waals surface area contributed by atoms with Gasteiger partial charge in [-0.2, -0.15) is 0 Å². The van der Waals surface area contributed by atoms with Gasteiger partial charge in [-0.15, -0.1) is 13.2 Å². The zero-order valence-electron chi connectivity index (χ0n) is 12.7. The fraction of sp³-hybridized carbons (Fsp3) is 0.412. The normalized spacial score (nSPS) is 31.5. The van der Waals surface area contributed by atoms with Crippen LogP contribution in [0.4, 0.5) is 18.9 Å². The first-order valence-electron chi connectivity index (χ1n) is 7.68. The van der Waals surface area contributed by atoms with Crippen molar-refractivity contribution in [2.45, 2.75) is 19.7 Å². The van der Waals surface area contributed by atoms with Crippen molar-refractivity contribution in [3.63, 3.8) is 0 Å². The molecule has 0 aromatic heterocycles. The van der Waals surface area contributed by atoms with Gasteiger partial charge in [0.15, 0.2) is 0 Å². The maximum absolute atomic E-state index is 12.7. The van der Waals surface area contributed by atoms with Crippen LogP contribution in [0.25, 0.3) is 0 Å². The highest BCUT2D eigenvalue weighted by Crippen LogP contribution is 2.55. The fourth-order valence-electron chi connectivity index (χ4n) is 4.33. The van der Waals surface area contributed by atoms with Gasteiger partial charge in [0.25, 0.3) is 0 Å². The van der Waals surface area contributed by atoms with E-state index < -0.39 is 6.36 Å². The first kappa shape index (κ1) is 15.2. The summed E-state index contributed by atoms with van der Waals surface area (Å²) in [7, 11) is 0. The number of imide groups is 1. The molecule has 0 N–H and O–H groups in total. The van der Waals surface area contributed by atoms with E-state index in [1.165, 1.54) is 12.1 Å². The second-order valence-electron chi connectivity index (χ2n) is 6.52. The van der Waals surface area contributed by atoms with Crippen molar-refractivity contribution in [1.29, 1.82) is 0 Å². The number of amides is 2. The van der Waals surface area contributed by atoms with Gasteiger partial charge >= 0.3 is 6.36 Å². The highest BCUT2D eigenvalue weighted by atomic mass is 19.4. The molecular formula is C17H14F3NO3. The van der Waals surface area contributed by atoms with Crippen LogP contribution in [-0.4, -0.2) is 18.2 Å². The maximum Gasteiger partial charge on any atom is 0.573 e. The molecule has 2 aliphatic carbocycles. The highest BCUT2D eigenvalue weighted by molar-refractivity contribution is 6.22. The standard InChI is InChI=1S/C17H14F3NO3/c1-8-6-9-7-12(8)14-13(9)15(22)21(16(14)23)10-2-4-11(5-3-10)24-17(18,19)20/h2-6,9,12-14H,7H2,1H3. The number of hydrogen-bond donors (Lipinski definition) is 0. The van der Waals surface area contributed by atoms with Gasteiger partial charge in [0, 0.05) is 0 Å². The van der Waals surface area contributed by atoms with Crippen LogP contribution in [0.15, 0.2) is 35.9 Å². The first-order valence-corrected chi connectivity index (χ1v) is 7.68. The molecule has 2 fully saturated rings. The van der Waals surface area contributed by atoms with Crippen LogP contribution in [0.2, 0.25) is 0 Å². The van der Waals surface area contributed by atoms with E-state index >= 15 is 0 Å². The van der Waals surface area contributed by atoms with Crippen LogP contribution in [0, 0.1) is 23.7 Å². The second kappa shape index (κ2) is 4.84. The average Bonchev–Trinajstić information content (AvgIpc) is 3.10. The van der Waals surface area contributed by atoms with E-state index in [2.05, 4.69) is 10.8 Å². The average molecular weight is 337 g/mol. The van der Waals surface area contributed by atoms with Gasteiger partial charge in [0.05, 0.1) is 17.5 Å². The van der Waals surface area contributed by atoms with Crippen LogP contribution in [0.3, 0.4) is 0 Å². The molecule has 7 heteroatoms. The van der Waals surface area contributed by atoms with Crippen molar-refractivity contribution in [1.82, 2.24) is 0 Å². The number of carbonyl (C=O) groups excluding carboxylic acids is 2. The SMILES string of the molecule is CC1=CC2CC1C1C(=O)N(c3ccc(OC(F)(F)F)cc3)C(=O)C21. The molecule has 1 aromatic carbocycles. The molecule has 3 aliphatic rings. The van der Waals surface area contributed by atoms with Gasteiger partial charge in [-0.05, 0) is 49.4 Å². The van der Waals surface area contributed by atoms with Gasteiger partial charge in [0.1, 0.15) is 5.75 Å². The molecule has 1 aliphatic heterocycles. The van der Waals surface area contributed by atoms with Gasteiger partial charge in [-0.3, -0.25) is 14.5 Å². The Bertz CT molecular complexity index is 753. The van der Waals surface area contributed by atoms with E-state index in [1.54, 1.807) is 0 Å². The van der Waals surface area contributed by atoms with Gasteiger partial charge in [-0.25, -0.2) is 0 Å². The highest BCUT2D eigenvalue weighted by Gasteiger charge is 2.60. The molecule has 4 unspecified atom stereocenters. The van der Waals surface area contributed by atoms with E-state index in [4.69, 9.17) is 0 Å². The van der Waals surface area contributed by atoms with Crippen LogP contribution >= 0.6 is 0 Å². The largest absolute Gasteiger partial charge is 0.573 e. The minimum atomic E-state index is -4.78. The molecule has 1 saturated carbocycles. The second-order valence-corrected chi connectivity index (χ2v) is 6.52. The molecule has 4 nitrogen and oxygen atoms in total.